The highest BCUT2D eigenvalue weighted by atomic mass is 35.5. The van der Waals surface area contributed by atoms with Crippen LogP contribution in [0.25, 0.3) is 0 Å². The van der Waals surface area contributed by atoms with Gasteiger partial charge in [-0.25, -0.2) is 0 Å². The van der Waals surface area contributed by atoms with Crippen LogP contribution in [0.3, 0.4) is 0 Å². The molecule has 2 rings (SSSR count). The molecule has 0 aliphatic carbocycles. The summed E-state index contributed by atoms with van der Waals surface area (Å²) in [6, 6.07) is 10.3. The first-order valence-corrected chi connectivity index (χ1v) is 8.07. The molecule has 0 bridgehead atoms. The number of ether oxygens (including phenoxy) is 1. The van der Waals surface area contributed by atoms with Gasteiger partial charge in [-0.2, -0.15) is 0 Å². The molecule has 132 valence electrons. The number of anilines is 1. The molecule has 0 spiro atoms. The monoisotopic (exact) mass is 382 g/mol. The smallest absolute Gasteiger partial charge is 0.326 e. The van der Waals surface area contributed by atoms with Crippen molar-refractivity contribution in [2.45, 2.75) is 6.54 Å². The van der Waals surface area contributed by atoms with E-state index < -0.39 is 11.9 Å². The van der Waals surface area contributed by atoms with Crippen LogP contribution in [-0.2, 0) is 20.9 Å². The minimum Gasteiger partial charge on any atom is -0.454 e. The number of nitrogens with one attached hydrogen (secondary N) is 1. The summed E-state index contributed by atoms with van der Waals surface area (Å²) in [6.07, 6.45) is 0. The van der Waals surface area contributed by atoms with Gasteiger partial charge < -0.3 is 15.0 Å². The molecule has 9 heteroatoms. The fraction of sp³-hybridized carbons (Fsp3) is 0.250. The number of nitrogens with zero attached hydrogens (tertiary/aromatic N) is 3. The van der Waals surface area contributed by atoms with E-state index in [4.69, 9.17) is 27.9 Å². The van der Waals surface area contributed by atoms with Gasteiger partial charge in [0.05, 0.1) is 0 Å². The highest BCUT2D eigenvalue weighted by Gasteiger charge is 2.12. The second kappa shape index (κ2) is 9.19. The minimum absolute atomic E-state index is 0.0715. The Labute approximate surface area is 154 Å². The van der Waals surface area contributed by atoms with Crippen LogP contribution in [0.1, 0.15) is 5.56 Å². The van der Waals surface area contributed by atoms with Crippen LogP contribution in [0.2, 0.25) is 10.2 Å². The SMILES string of the molecule is CN(CC(=O)OCC(=O)NCc1cccc(Cl)c1)c1ccc(Cl)nn1. The van der Waals surface area contributed by atoms with E-state index in [2.05, 4.69) is 15.5 Å². The van der Waals surface area contributed by atoms with Crippen molar-refractivity contribution in [2.75, 3.05) is 25.1 Å². The molecule has 0 aliphatic rings. The molecule has 2 aromatic rings. The molecule has 0 aliphatic heterocycles. The van der Waals surface area contributed by atoms with Gasteiger partial charge in [0.15, 0.2) is 17.6 Å². The lowest BCUT2D eigenvalue weighted by atomic mass is 10.2. The Morgan fingerprint density at radius 1 is 1.20 bits per heavy atom. The molecule has 0 fully saturated rings. The zero-order valence-electron chi connectivity index (χ0n) is 13.4. The van der Waals surface area contributed by atoms with Crippen molar-refractivity contribution < 1.29 is 14.3 Å². The molecule has 1 heterocycles. The normalized spacial score (nSPS) is 10.2. The summed E-state index contributed by atoms with van der Waals surface area (Å²) in [6.45, 7) is -0.130. The molecule has 0 radical (unpaired) electrons. The number of hydrogen-bond acceptors (Lipinski definition) is 6. The molecule has 25 heavy (non-hydrogen) atoms. The Bertz CT molecular complexity index is 740. The number of likely N-dealkylation sites (N-methyl/N-ethyl adjacent to an activating group) is 1. The van der Waals surface area contributed by atoms with Crippen LogP contribution in [-0.4, -0.2) is 42.3 Å². The van der Waals surface area contributed by atoms with E-state index in [1.807, 2.05) is 6.07 Å². The predicted molar refractivity (Wildman–Crippen MR) is 94.6 cm³/mol. The highest BCUT2D eigenvalue weighted by Crippen LogP contribution is 2.11. The second-order valence-electron chi connectivity index (χ2n) is 5.14. The van der Waals surface area contributed by atoms with Crippen LogP contribution >= 0.6 is 23.2 Å². The Hall–Kier alpha value is -2.38. The Balaban J connectivity index is 1.71. The van der Waals surface area contributed by atoms with Gasteiger partial charge in [-0.15, -0.1) is 10.2 Å². The van der Waals surface area contributed by atoms with Crippen molar-refractivity contribution >= 4 is 40.9 Å². The van der Waals surface area contributed by atoms with Crippen molar-refractivity contribution in [3.63, 3.8) is 0 Å². The summed E-state index contributed by atoms with van der Waals surface area (Å²) < 4.78 is 4.94. The number of hydrogen-bond donors (Lipinski definition) is 1. The van der Waals surface area contributed by atoms with Crippen LogP contribution in [0.4, 0.5) is 5.82 Å². The van der Waals surface area contributed by atoms with Crippen molar-refractivity contribution in [3.05, 3.63) is 52.1 Å². The van der Waals surface area contributed by atoms with Crippen LogP contribution in [0.5, 0.6) is 0 Å². The summed E-state index contributed by atoms with van der Waals surface area (Å²) in [4.78, 5) is 25.0. The third-order valence-electron chi connectivity index (χ3n) is 3.12. The second-order valence-corrected chi connectivity index (χ2v) is 5.96. The van der Waals surface area contributed by atoms with Gasteiger partial charge in [0.1, 0.15) is 6.54 Å². The van der Waals surface area contributed by atoms with E-state index in [1.165, 1.54) is 4.90 Å². The average Bonchev–Trinajstić information content (AvgIpc) is 2.58. The fourth-order valence-electron chi connectivity index (χ4n) is 1.88. The summed E-state index contributed by atoms with van der Waals surface area (Å²) >= 11 is 11.5. The van der Waals surface area contributed by atoms with Crippen LogP contribution in [0.15, 0.2) is 36.4 Å². The number of benzene rings is 1. The van der Waals surface area contributed by atoms with Gasteiger partial charge in [-0.1, -0.05) is 35.3 Å². The van der Waals surface area contributed by atoms with Gasteiger partial charge >= 0.3 is 5.97 Å². The lowest BCUT2D eigenvalue weighted by Gasteiger charge is -2.16. The van der Waals surface area contributed by atoms with E-state index in [0.717, 1.165) is 5.56 Å². The third-order valence-corrected chi connectivity index (χ3v) is 3.55. The Kier molecular flexibility index (Phi) is 6.97. The molecule has 1 N–H and O–H groups in total. The van der Waals surface area contributed by atoms with Crippen molar-refractivity contribution in [3.8, 4) is 0 Å². The third kappa shape index (κ3) is 6.56. The number of esters is 1. The summed E-state index contributed by atoms with van der Waals surface area (Å²) in [5.74, 6) is -0.494. The van der Waals surface area contributed by atoms with Crippen molar-refractivity contribution in [1.29, 1.82) is 0 Å². The van der Waals surface area contributed by atoms with Gasteiger partial charge in [0.25, 0.3) is 5.91 Å². The molecular formula is C16H16Cl2N4O3. The van der Waals surface area contributed by atoms with Crippen molar-refractivity contribution in [1.82, 2.24) is 15.5 Å². The minimum atomic E-state index is -0.558. The number of amides is 1. The molecule has 1 aromatic heterocycles. The maximum absolute atomic E-state index is 11.8. The zero-order valence-corrected chi connectivity index (χ0v) is 14.9. The van der Waals surface area contributed by atoms with Crippen LogP contribution in [0, 0.1) is 0 Å². The standard InChI is InChI=1S/C16H16Cl2N4O3/c1-22(14-6-5-13(18)20-21-14)9-16(24)25-10-15(23)19-8-11-3-2-4-12(17)7-11/h2-7H,8-10H2,1H3,(H,19,23). The lowest BCUT2D eigenvalue weighted by molar-refractivity contribution is -0.147. The molecule has 0 saturated heterocycles. The lowest BCUT2D eigenvalue weighted by Crippen LogP contribution is -2.32. The largest absolute Gasteiger partial charge is 0.454 e. The topological polar surface area (TPSA) is 84.4 Å². The number of aromatic nitrogens is 2. The molecule has 1 aromatic carbocycles. The Morgan fingerprint density at radius 2 is 2.00 bits per heavy atom. The van der Waals surface area contributed by atoms with E-state index in [1.54, 1.807) is 37.4 Å². The van der Waals surface area contributed by atoms with Crippen molar-refractivity contribution in [2.24, 2.45) is 0 Å². The molecule has 0 saturated carbocycles. The molecule has 1 amide bonds. The summed E-state index contributed by atoms with van der Waals surface area (Å²) in [5.41, 5.74) is 0.855. The fourth-order valence-corrected chi connectivity index (χ4v) is 2.19. The maximum Gasteiger partial charge on any atom is 0.326 e. The first-order chi connectivity index (χ1) is 11.9. The molecule has 7 nitrogen and oxygen atoms in total. The highest BCUT2D eigenvalue weighted by molar-refractivity contribution is 6.30. The zero-order chi connectivity index (χ0) is 18.2. The first-order valence-electron chi connectivity index (χ1n) is 7.31. The number of halogens is 2. The number of carbonyl (C=O) groups excluding carboxylic acids is 2. The average molecular weight is 383 g/mol. The van der Waals surface area contributed by atoms with Crippen LogP contribution < -0.4 is 10.2 Å². The van der Waals surface area contributed by atoms with E-state index in [0.29, 0.717) is 17.4 Å². The van der Waals surface area contributed by atoms with Gasteiger partial charge in [-0.05, 0) is 29.8 Å². The van der Waals surface area contributed by atoms with Gasteiger partial charge in [-0.3, -0.25) is 9.59 Å². The predicted octanol–water partition coefficient (Wildman–Crippen LogP) is 2.08. The molecular weight excluding hydrogens is 367 g/mol. The molecule has 0 atom stereocenters. The van der Waals surface area contributed by atoms with Gasteiger partial charge in [0, 0.05) is 18.6 Å². The van der Waals surface area contributed by atoms with E-state index in [9.17, 15) is 9.59 Å². The number of rotatable bonds is 7. The summed E-state index contributed by atoms with van der Waals surface area (Å²) in [5, 5.41) is 11.0. The first kappa shape index (κ1) is 19.0. The number of carbonyl (C=O) groups is 2. The molecule has 0 unspecified atom stereocenters. The van der Waals surface area contributed by atoms with Gasteiger partial charge in [0.2, 0.25) is 0 Å². The quantitative estimate of drug-likeness (QED) is 0.737. The summed E-state index contributed by atoms with van der Waals surface area (Å²) in [7, 11) is 1.65. The maximum atomic E-state index is 11.8. The van der Waals surface area contributed by atoms with E-state index in [-0.39, 0.29) is 18.3 Å². The Morgan fingerprint density at radius 3 is 2.68 bits per heavy atom. The van der Waals surface area contributed by atoms with E-state index >= 15 is 0 Å².